The molecule has 0 aliphatic rings. The smallest absolute Gasteiger partial charge is 0.224 e. The summed E-state index contributed by atoms with van der Waals surface area (Å²) < 4.78 is 0. The second kappa shape index (κ2) is 9.50. The number of nitrogens with one attached hydrogen (secondary N) is 3. The van der Waals surface area contributed by atoms with Gasteiger partial charge in [-0.25, -0.2) is 15.0 Å². The number of pyridine rings is 2. The third kappa shape index (κ3) is 5.53. The summed E-state index contributed by atoms with van der Waals surface area (Å²) in [7, 11) is 0. The van der Waals surface area contributed by atoms with Crippen molar-refractivity contribution in [3.05, 3.63) is 65.9 Å². The molecule has 4 rings (SSSR count). The number of rotatable bonds is 8. The fourth-order valence-corrected chi connectivity index (χ4v) is 3.78. The topological polar surface area (TPSA) is 112 Å². The quantitative estimate of drug-likeness (QED) is 0.336. The molecule has 3 heterocycles. The second-order valence-electron chi connectivity index (χ2n) is 6.96. The molecule has 0 unspecified atom stereocenters. The maximum Gasteiger partial charge on any atom is 0.224 e. The van der Waals surface area contributed by atoms with E-state index in [4.69, 9.17) is 5.11 Å². The highest BCUT2D eigenvalue weighted by Crippen LogP contribution is 2.28. The predicted octanol–water partition coefficient (Wildman–Crippen LogP) is 3.53. The first kappa shape index (κ1) is 20.7. The number of hydrogen-bond acceptors (Lipinski definition) is 8. The van der Waals surface area contributed by atoms with E-state index in [1.807, 2.05) is 42.5 Å². The molecule has 0 saturated carbocycles. The van der Waals surface area contributed by atoms with Crippen molar-refractivity contribution in [2.24, 2.45) is 0 Å². The summed E-state index contributed by atoms with van der Waals surface area (Å²) in [5, 5.41) is 18.6. The molecule has 9 heteroatoms. The average Bonchev–Trinajstić information content (AvgIpc) is 3.15. The molecule has 8 nitrogen and oxygen atoms in total. The molecule has 0 aliphatic heterocycles. The summed E-state index contributed by atoms with van der Waals surface area (Å²) in [5.41, 5.74) is 3.79. The SMILES string of the molecule is Cc1ccc(Nc2ccc3nc(Nc4cc(CC(=O)NCCO)ccn4)sc3n2)cc1. The molecule has 0 fully saturated rings. The Morgan fingerprint density at radius 2 is 1.87 bits per heavy atom. The summed E-state index contributed by atoms with van der Waals surface area (Å²) >= 11 is 1.43. The number of amides is 1. The lowest BCUT2D eigenvalue weighted by Crippen LogP contribution is -2.27. The maximum atomic E-state index is 11.9. The van der Waals surface area contributed by atoms with Crippen LogP contribution in [0.2, 0.25) is 0 Å². The highest BCUT2D eigenvalue weighted by atomic mass is 32.1. The summed E-state index contributed by atoms with van der Waals surface area (Å²) in [6, 6.07) is 15.5. The lowest BCUT2D eigenvalue weighted by atomic mass is 10.2. The lowest BCUT2D eigenvalue weighted by Gasteiger charge is -2.06. The van der Waals surface area contributed by atoms with E-state index in [2.05, 4.69) is 37.8 Å². The predicted molar refractivity (Wildman–Crippen MR) is 123 cm³/mol. The van der Waals surface area contributed by atoms with Crippen LogP contribution in [0.5, 0.6) is 0 Å². The number of aliphatic hydroxyl groups excluding tert-OH is 1. The Bertz CT molecular complexity index is 1190. The molecular formula is C22H22N6O2S. The molecule has 3 aromatic heterocycles. The Labute approximate surface area is 183 Å². The number of fused-ring (bicyclic) bond motifs is 1. The maximum absolute atomic E-state index is 11.9. The van der Waals surface area contributed by atoms with Crippen LogP contribution in [-0.4, -0.2) is 39.1 Å². The molecule has 1 aromatic carbocycles. The number of hydrogen-bond donors (Lipinski definition) is 4. The average molecular weight is 435 g/mol. The molecule has 0 saturated heterocycles. The van der Waals surface area contributed by atoms with Crippen LogP contribution in [0.4, 0.5) is 22.5 Å². The molecule has 1 amide bonds. The van der Waals surface area contributed by atoms with E-state index in [1.54, 1.807) is 12.3 Å². The largest absolute Gasteiger partial charge is 0.395 e. The van der Waals surface area contributed by atoms with Gasteiger partial charge in [0, 0.05) is 18.4 Å². The van der Waals surface area contributed by atoms with Crippen molar-refractivity contribution in [2.75, 3.05) is 23.8 Å². The van der Waals surface area contributed by atoms with Crippen LogP contribution in [0.15, 0.2) is 54.7 Å². The molecule has 4 aromatic rings. The fourth-order valence-electron chi connectivity index (χ4n) is 2.93. The zero-order valence-corrected chi connectivity index (χ0v) is 17.7. The van der Waals surface area contributed by atoms with Crippen LogP contribution in [0.1, 0.15) is 11.1 Å². The minimum Gasteiger partial charge on any atom is -0.395 e. The van der Waals surface area contributed by atoms with Gasteiger partial charge in [0.05, 0.1) is 13.0 Å². The van der Waals surface area contributed by atoms with Crippen LogP contribution in [0.3, 0.4) is 0 Å². The standard InChI is InChI=1S/C22H22N6O2S/c1-14-2-4-16(5-3-14)25-18-7-6-17-21(27-18)31-22(26-17)28-19-12-15(8-9-23-19)13-20(30)24-10-11-29/h2-9,12,29H,10-11,13H2,1H3,(H,24,30)(H,25,27)(H,23,26,28). The van der Waals surface area contributed by atoms with Gasteiger partial charge in [0.1, 0.15) is 22.0 Å². The van der Waals surface area contributed by atoms with Gasteiger partial charge in [-0.1, -0.05) is 29.0 Å². The number of nitrogens with zero attached hydrogens (tertiary/aromatic N) is 3. The van der Waals surface area contributed by atoms with Gasteiger partial charge >= 0.3 is 0 Å². The Morgan fingerprint density at radius 3 is 2.68 bits per heavy atom. The van der Waals surface area contributed by atoms with Gasteiger partial charge in [-0.15, -0.1) is 0 Å². The van der Waals surface area contributed by atoms with E-state index in [-0.39, 0.29) is 25.5 Å². The van der Waals surface area contributed by atoms with E-state index >= 15 is 0 Å². The van der Waals surface area contributed by atoms with Gasteiger partial charge in [0.2, 0.25) is 5.91 Å². The first-order valence-electron chi connectivity index (χ1n) is 9.80. The van der Waals surface area contributed by atoms with E-state index in [1.165, 1.54) is 16.9 Å². The van der Waals surface area contributed by atoms with Crippen LogP contribution in [-0.2, 0) is 11.2 Å². The molecule has 0 aliphatic carbocycles. The highest BCUT2D eigenvalue weighted by molar-refractivity contribution is 7.21. The van der Waals surface area contributed by atoms with Crippen LogP contribution >= 0.6 is 11.3 Å². The van der Waals surface area contributed by atoms with Crippen molar-refractivity contribution in [3.8, 4) is 0 Å². The summed E-state index contributed by atoms with van der Waals surface area (Å²) in [6.45, 7) is 2.22. The Balaban J connectivity index is 1.46. The fraction of sp³-hybridized carbons (Fsp3) is 0.182. The second-order valence-corrected chi connectivity index (χ2v) is 7.93. The van der Waals surface area contributed by atoms with Crippen LogP contribution < -0.4 is 16.0 Å². The first-order valence-corrected chi connectivity index (χ1v) is 10.6. The minimum absolute atomic E-state index is 0.0806. The number of carbonyl (C=O) groups excluding carboxylic acids is 1. The van der Waals surface area contributed by atoms with Crippen molar-refractivity contribution in [2.45, 2.75) is 13.3 Å². The van der Waals surface area contributed by atoms with Crippen molar-refractivity contribution in [1.82, 2.24) is 20.3 Å². The zero-order chi connectivity index (χ0) is 21.6. The summed E-state index contributed by atoms with van der Waals surface area (Å²) in [5.74, 6) is 1.20. The van der Waals surface area contributed by atoms with Crippen molar-refractivity contribution in [3.63, 3.8) is 0 Å². The number of thiazole rings is 1. The monoisotopic (exact) mass is 434 g/mol. The van der Waals surface area contributed by atoms with Gasteiger partial charge in [-0.2, -0.15) is 0 Å². The molecule has 4 N–H and O–H groups in total. The molecule has 0 spiro atoms. The molecule has 0 bridgehead atoms. The van der Waals surface area contributed by atoms with Gasteiger partial charge in [0.25, 0.3) is 0 Å². The molecule has 0 atom stereocenters. The van der Waals surface area contributed by atoms with Gasteiger partial charge in [0.15, 0.2) is 5.13 Å². The molecular weight excluding hydrogens is 412 g/mol. The minimum atomic E-state index is -0.149. The van der Waals surface area contributed by atoms with Crippen molar-refractivity contribution >= 4 is 50.0 Å². The third-order valence-electron chi connectivity index (χ3n) is 4.44. The summed E-state index contributed by atoms with van der Waals surface area (Å²) in [6.07, 6.45) is 1.86. The summed E-state index contributed by atoms with van der Waals surface area (Å²) in [4.78, 5) is 26.2. The van der Waals surface area contributed by atoms with Gasteiger partial charge in [-0.3, -0.25) is 4.79 Å². The first-order chi connectivity index (χ1) is 15.1. The molecule has 0 radical (unpaired) electrons. The zero-order valence-electron chi connectivity index (χ0n) is 16.9. The van der Waals surface area contributed by atoms with E-state index in [0.29, 0.717) is 10.9 Å². The Hall–Kier alpha value is -3.56. The lowest BCUT2D eigenvalue weighted by molar-refractivity contribution is -0.120. The highest BCUT2D eigenvalue weighted by Gasteiger charge is 2.09. The van der Waals surface area contributed by atoms with Crippen LogP contribution in [0.25, 0.3) is 10.3 Å². The number of carbonyl (C=O) groups is 1. The van der Waals surface area contributed by atoms with Crippen molar-refractivity contribution in [1.29, 1.82) is 0 Å². The molecule has 31 heavy (non-hydrogen) atoms. The van der Waals surface area contributed by atoms with Gasteiger partial charge < -0.3 is 21.1 Å². The number of anilines is 4. The number of aromatic nitrogens is 3. The number of aliphatic hydroxyl groups is 1. The number of aryl methyl sites for hydroxylation is 1. The van der Waals surface area contributed by atoms with E-state index < -0.39 is 0 Å². The Kier molecular flexibility index (Phi) is 6.34. The van der Waals surface area contributed by atoms with E-state index in [0.717, 1.165) is 27.4 Å². The normalized spacial score (nSPS) is 10.8. The van der Waals surface area contributed by atoms with Gasteiger partial charge in [-0.05, 0) is 48.9 Å². The number of benzene rings is 1. The third-order valence-corrected chi connectivity index (χ3v) is 5.32. The van der Waals surface area contributed by atoms with Crippen molar-refractivity contribution < 1.29 is 9.90 Å². The van der Waals surface area contributed by atoms with Crippen LogP contribution in [0, 0.1) is 6.92 Å². The Morgan fingerprint density at radius 1 is 1.03 bits per heavy atom. The molecule has 158 valence electrons. The van der Waals surface area contributed by atoms with E-state index in [9.17, 15) is 4.79 Å².